The van der Waals surface area contributed by atoms with Crippen molar-refractivity contribution in [1.82, 2.24) is 4.90 Å². The first-order chi connectivity index (χ1) is 6.41. The second-order valence-electron chi connectivity index (χ2n) is 3.33. The zero-order valence-electron chi connectivity index (χ0n) is 8.96. The maximum Gasteiger partial charge on any atom is 0.410 e. The number of carbonyl (C=O) groups excluding carboxylic acids is 2. The minimum absolute atomic E-state index is 0.111. The average Bonchev–Trinajstić information content (AvgIpc) is 2.16. The van der Waals surface area contributed by atoms with Crippen molar-refractivity contribution >= 4 is 23.5 Å². The Morgan fingerprint density at radius 1 is 1.43 bits per heavy atom. The maximum atomic E-state index is 11.5. The Morgan fingerprint density at radius 2 is 1.93 bits per heavy atom. The summed E-state index contributed by atoms with van der Waals surface area (Å²) in [6.45, 7) is 5.48. The Kier molecular flexibility index (Phi) is 4.91. The first kappa shape index (κ1) is 13.2. The highest BCUT2D eigenvalue weighted by Gasteiger charge is 2.36. The van der Waals surface area contributed by atoms with Crippen LogP contribution in [0.15, 0.2) is 0 Å². The van der Waals surface area contributed by atoms with Crippen molar-refractivity contribution in [2.24, 2.45) is 0 Å². The molecular formula is C9H16ClNO3. The largest absolute Gasteiger partial charge is 0.453 e. The number of ketones is 1. The van der Waals surface area contributed by atoms with E-state index in [1.54, 1.807) is 20.8 Å². The number of rotatable bonds is 4. The molecule has 0 spiro atoms. The molecule has 0 unspecified atom stereocenters. The van der Waals surface area contributed by atoms with Crippen LogP contribution in [0, 0.1) is 0 Å². The Labute approximate surface area is 89.2 Å². The van der Waals surface area contributed by atoms with Crippen molar-refractivity contribution in [3.05, 3.63) is 0 Å². The van der Waals surface area contributed by atoms with Crippen LogP contribution in [0.25, 0.3) is 0 Å². The molecule has 0 heterocycles. The summed E-state index contributed by atoms with van der Waals surface area (Å²) in [6.07, 6.45) is -0.518. The van der Waals surface area contributed by atoms with Gasteiger partial charge in [-0.3, -0.25) is 9.69 Å². The van der Waals surface area contributed by atoms with Crippen LogP contribution in [0.4, 0.5) is 4.79 Å². The van der Waals surface area contributed by atoms with Gasteiger partial charge in [-0.1, -0.05) is 0 Å². The number of hydrogen-bond acceptors (Lipinski definition) is 3. The number of Topliss-reactive ketones (excluding diaryl/α,β-unsaturated/α-hetero) is 1. The molecule has 4 nitrogen and oxygen atoms in total. The molecule has 82 valence electrons. The Morgan fingerprint density at radius 3 is 2.21 bits per heavy atom. The summed E-state index contributed by atoms with van der Waals surface area (Å²) in [5, 5.41) is 0. The van der Waals surface area contributed by atoms with E-state index in [9.17, 15) is 9.59 Å². The Hall–Kier alpha value is -0.770. The summed E-state index contributed by atoms with van der Waals surface area (Å²) in [4.78, 5) is 24.1. The molecule has 0 aromatic rings. The molecule has 0 radical (unpaired) electrons. The van der Waals surface area contributed by atoms with E-state index < -0.39 is 11.6 Å². The van der Waals surface area contributed by atoms with Gasteiger partial charge in [0.15, 0.2) is 5.78 Å². The number of hydrogen-bond donors (Lipinski definition) is 0. The molecule has 5 heteroatoms. The lowest BCUT2D eigenvalue weighted by molar-refractivity contribution is -0.125. The van der Waals surface area contributed by atoms with Gasteiger partial charge in [-0.05, 0) is 20.8 Å². The molecule has 0 aliphatic carbocycles. The minimum atomic E-state index is -0.913. The third kappa shape index (κ3) is 2.61. The summed E-state index contributed by atoms with van der Waals surface area (Å²) in [6, 6.07) is 0. The van der Waals surface area contributed by atoms with Crippen molar-refractivity contribution in [1.29, 1.82) is 0 Å². The smallest absolute Gasteiger partial charge is 0.410 e. The van der Waals surface area contributed by atoms with Gasteiger partial charge in [-0.2, -0.15) is 0 Å². The molecule has 0 saturated heterocycles. The van der Waals surface area contributed by atoms with E-state index in [4.69, 9.17) is 11.6 Å². The van der Waals surface area contributed by atoms with Gasteiger partial charge in [-0.25, -0.2) is 4.79 Å². The summed E-state index contributed by atoms with van der Waals surface area (Å²) in [5.41, 5.74) is -0.913. The summed E-state index contributed by atoms with van der Waals surface area (Å²) >= 11 is 5.46. The molecule has 0 aromatic heterocycles. The van der Waals surface area contributed by atoms with Crippen molar-refractivity contribution in [3.63, 3.8) is 0 Å². The molecule has 0 saturated carbocycles. The lowest BCUT2D eigenvalue weighted by Crippen LogP contribution is -2.53. The minimum Gasteiger partial charge on any atom is -0.453 e. The molecule has 0 aliphatic rings. The second kappa shape index (κ2) is 5.20. The van der Waals surface area contributed by atoms with Gasteiger partial charge < -0.3 is 4.74 Å². The Balaban J connectivity index is 4.82. The molecule has 0 fully saturated rings. The van der Waals surface area contributed by atoms with Crippen molar-refractivity contribution in [3.8, 4) is 0 Å². The number of amides is 1. The Bertz CT molecular complexity index is 228. The summed E-state index contributed by atoms with van der Waals surface area (Å²) < 4.78 is 4.58. The fourth-order valence-electron chi connectivity index (χ4n) is 1.18. The van der Waals surface area contributed by atoms with Crippen LogP contribution in [0.1, 0.15) is 20.8 Å². The third-order valence-electron chi connectivity index (χ3n) is 2.19. The first-order valence-electron chi connectivity index (χ1n) is 4.36. The molecule has 0 aromatic carbocycles. The van der Waals surface area contributed by atoms with Crippen molar-refractivity contribution in [2.75, 3.05) is 19.5 Å². The van der Waals surface area contributed by atoms with Crippen molar-refractivity contribution in [2.45, 2.75) is 26.3 Å². The molecule has 1 amide bonds. The van der Waals surface area contributed by atoms with Gasteiger partial charge in [0.2, 0.25) is 0 Å². The van der Waals surface area contributed by atoms with Gasteiger partial charge >= 0.3 is 6.09 Å². The highest BCUT2D eigenvalue weighted by molar-refractivity contribution is 6.29. The van der Waals surface area contributed by atoms with Gasteiger partial charge in [0, 0.05) is 6.54 Å². The zero-order valence-corrected chi connectivity index (χ0v) is 9.72. The predicted molar refractivity (Wildman–Crippen MR) is 54.6 cm³/mol. The number of carbonyl (C=O) groups is 2. The van der Waals surface area contributed by atoms with Crippen LogP contribution in [0.3, 0.4) is 0 Å². The number of likely N-dealkylation sites (N-methyl/N-ethyl adjacent to an activating group) is 1. The van der Waals surface area contributed by atoms with Gasteiger partial charge in [0.25, 0.3) is 0 Å². The van der Waals surface area contributed by atoms with Gasteiger partial charge in [0.05, 0.1) is 13.0 Å². The number of alkyl halides is 1. The van der Waals surface area contributed by atoms with Crippen LogP contribution in [-0.4, -0.2) is 41.8 Å². The van der Waals surface area contributed by atoms with Crippen LogP contribution in [0.2, 0.25) is 0 Å². The van der Waals surface area contributed by atoms with Gasteiger partial charge in [-0.15, -0.1) is 11.6 Å². The topological polar surface area (TPSA) is 46.6 Å². The van der Waals surface area contributed by atoms with Crippen LogP contribution in [-0.2, 0) is 9.53 Å². The SMILES string of the molecule is CCN(C(=O)OC)C(C)(C)C(=O)CCl. The molecule has 0 atom stereocenters. The normalized spacial score (nSPS) is 10.9. The highest BCUT2D eigenvalue weighted by atomic mass is 35.5. The fourth-order valence-corrected chi connectivity index (χ4v) is 1.50. The lowest BCUT2D eigenvalue weighted by atomic mass is 9.98. The number of ether oxygens (including phenoxy) is 1. The van der Waals surface area contributed by atoms with Crippen LogP contribution in [0.5, 0.6) is 0 Å². The molecule has 0 rings (SSSR count). The van der Waals surface area contributed by atoms with E-state index in [0.29, 0.717) is 6.54 Å². The molecule has 0 N–H and O–H groups in total. The first-order valence-corrected chi connectivity index (χ1v) is 4.90. The predicted octanol–water partition coefficient (Wildman–Crippen LogP) is 1.66. The van der Waals surface area contributed by atoms with E-state index in [0.717, 1.165) is 0 Å². The van der Waals surface area contributed by atoms with Crippen LogP contribution < -0.4 is 0 Å². The molecule has 0 aliphatic heterocycles. The molecular weight excluding hydrogens is 206 g/mol. The van der Waals surface area contributed by atoms with E-state index in [1.807, 2.05) is 0 Å². The monoisotopic (exact) mass is 221 g/mol. The lowest BCUT2D eigenvalue weighted by Gasteiger charge is -2.34. The standard InChI is InChI=1S/C9H16ClNO3/c1-5-11(8(13)14-4)9(2,3)7(12)6-10/h5-6H2,1-4H3. The van der Waals surface area contributed by atoms with E-state index in [2.05, 4.69) is 4.74 Å². The van der Waals surface area contributed by atoms with E-state index in [1.165, 1.54) is 12.0 Å². The number of nitrogens with zero attached hydrogens (tertiary/aromatic N) is 1. The third-order valence-corrected chi connectivity index (χ3v) is 2.43. The summed E-state index contributed by atoms with van der Waals surface area (Å²) in [5.74, 6) is -0.313. The van der Waals surface area contributed by atoms with Crippen LogP contribution >= 0.6 is 11.6 Å². The van der Waals surface area contributed by atoms with E-state index in [-0.39, 0.29) is 11.7 Å². The number of methoxy groups -OCH3 is 1. The zero-order chi connectivity index (χ0) is 11.4. The molecule has 14 heavy (non-hydrogen) atoms. The van der Waals surface area contributed by atoms with Gasteiger partial charge in [0.1, 0.15) is 5.54 Å². The molecule has 0 bridgehead atoms. The average molecular weight is 222 g/mol. The number of halogens is 1. The summed E-state index contributed by atoms with van der Waals surface area (Å²) in [7, 11) is 1.28. The van der Waals surface area contributed by atoms with E-state index >= 15 is 0 Å². The maximum absolute atomic E-state index is 11.5. The second-order valence-corrected chi connectivity index (χ2v) is 3.60. The fraction of sp³-hybridized carbons (Fsp3) is 0.778. The quantitative estimate of drug-likeness (QED) is 0.679. The highest BCUT2D eigenvalue weighted by Crippen LogP contribution is 2.17. The van der Waals surface area contributed by atoms with Crippen molar-refractivity contribution < 1.29 is 14.3 Å².